The number of para-hydroxylation sites is 1. The van der Waals surface area contributed by atoms with Crippen molar-refractivity contribution in [3.63, 3.8) is 0 Å². The summed E-state index contributed by atoms with van der Waals surface area (Å²) in [5, 5.41) is 3.51. The maximum Gasteiger partial charge on any atom is 0.269 e. The molecule has 0 saturated heterocycles. The van der Waals surface area contributed by atoms with Crippen LogP contribution in [0.25, 0.3) is 10.9 Å². The third-order valence-electron chi connectivity index (χ3n) is 4.89. The van der Waals surface area contributed by atoms with Crippen molar-refractivity contribution in [2.75, 3.05) is 7.11 Å². The molecule has 1 aromatic heterocycles. The molecular weight excluding hydrogens is 436 g/mol. The van der Waals surface area contributed by atoms with Crippen molar-refractivity contribution in [2.45, 2.75) is 16.3 Å². The molecule has 0 aliphatic rings. The van der Waals surface area contributed by atoms with Gasteiger partial charge >= 0.3 is 0 Å². The Hall–Kier alpha value is -3.29. The van der Waals surface area contributed by atoms with Crippen LogP contribution < -0.4 is 10.1 Å². The second kappa shape index (κ2) is 8.45. The predicted molar refractivity (Wildman–Crippen MR) is 119 cm³/mol. The summed E-state index contributed by atoms with van der Waals surface area (Å²) in [6.07, 6.45) is 0. The molecule has 158 valence electrons. The van der Waals surface area contributed by atoms with Crippen LogP contribution in [0.3, 0.4) is 0 Å². The van der Waals surface area contributed by atoms with Gasteiger partial charge in [0.25, 0.3) is 5.91 Å². The fourth-order valence-electron chi connectivity index (χ4n) is 3.41. The molecule has 2 N–H and O–H groups in total. The van der Waals surface area contributed by atoms with Crippen molar-refractivity contribution >= 4 is 38.2 Å². The second-order valence-corrected chi connectivity index (χ2v) is 9.15. The summed E-state index contributed by atoms with van der Waals surface area (Å²) < 4.78 is 32.2. The zero-order chi connectivity index (χ0) is 22.0. The molecule has 3 aromatic carbocycles. The number of H-pyrrole nitrogens is 1. The third-order valence-corrected chi connectivity index (χ3v) is 6.98. The van der Waals surface area contributed by atoms with E-state index in [1.807, 2.05) is 18.2 Å². The molecule has 0 fully saturated rings. The number of methoxy groups -OCH3 is 1. The standard InChI is InChI=1S/C23H19ClN2O4S/c1-30-20-10-6-5-7-15(20)14-25-23(27)21-22(18-13-16(24)11-12-19(18)26-21)31(28,29)17-8-3-2-4-9-17/h2-13,26H,14H2,1H3,(H,25,27). The van der Waals surface area contributed by atoms with E-state index in [2.05, 4.69) is 10.3 Å². The first-order valence-corrected chi connectivity index (χ1v) is 11.3. The van der Waals surface area contributed by atoms with Crippen molar-refractivity contribution < 1.29 is 17.9 Å². The van der Waals surface area contributed by atoms with Crippen molar-refractivity contribution in [3.05, 3.63) is 89.1 Å². The number of sulfone groups is 1. The van der Waals surface area contributed by atoms with Gasteiger partial charge in [0.15, 0.2) is 0 Å². The van der Waals surface area contributed by atoms with Gasteiger partial charge in [0.2, 0.25) is 9.84 Å². The van der Waals surface area contributed by atoms with E-state index in [9.17, 15) is 13.2 Å². The maximum absolute atomic E-state index is 13.5. The average molecular weight is 455 g/mol. The van der Waals surface area contributed by atoms with E-state index in [1.54, 1.807) is 49.6 Å². The van der Waals surface area contributed by atoms with Crippen LogP contribution in [0.2, 0.25) is 5.02 Å². The lowest BCUT2D eigenvalue weighted by Crippen LogP contribution is -2.25. The molecule has 0 atom stereocenters. The van der Waals surface area contributed by atoms with Crippen LogP contribution >= 0.6 is 11.6 Å². The van der Waals surface area contributed by atoms with Gasteiger partial charge in [0.05, 0.1) is 12.0 Å². The van der Waals surface area contributed by atoms with Crippen molar-refractivity contribution in [3.8, 4) is 5.75 Å². The van der Waals surface area contributed by atoms with Crippen LogP contribution in [-0.4, -0.2) is 26.4 Å². The predicted octanol–water partition coefficient (Wildman–Crippen LogP) is 4.59. The number of hydrogen-bond donors (Lipinski definition) is 2. The van der Waals surface area contributed by atoms with Gasteiger partial charge in [0, 0.05) is 28.0 Å². The van der Waals surface area contributed by atoms with E-state index in [-0.39, 0.29) is 22.0 Å². The van der Waals surface area contributed by atoms with E-state index in [0.717, 1.165) is 5.56 Å². The number of rotatable bonds is 6. The molecular formula is C23H19ClN2O4S. The molecule has 8 heteroatoms. The molecule has 0 aliphatic carbocycles. The Morgan fingerprint density at radius 2 is 1.74 bits per heavy atom. The zero-order valence-corrected chi connectivity index (χ0v) is 18.1. The Kier molecular flexibility index (Phi) is 5.71. The fourth-order valence-corrected chi connectivity index (χ4v) is 5.20. The van der Waals surface area contributed by atoms with Crippen molar-refractivity contribution in [2.24, 2.45) is 0 Å². The number of hydrogen-bond acceptors (Lipinski definition) is 4. The Morgan fingerprint density at radius 1 is 1.03 bits per heavy atom. The number of ether oxygens (including phenoxy) is 1. The minimum absolute atomic E-state index is 0.0454. The van der Waals surface area contributed by atoms with Crippen LogP contribution in [0, 0.1) is 0 Å². The highest BCUT2D eigenvalue weighted by Crippen LogP contribution is 2.33. The zero-order valence-electron chi connectivity index (χ0n) is 16.6. The van der Waals surface area contributed by atoms with Gasteiger partial charge in [-0.2, -0.15) is 0 Å². The smallest absolute Gasteiger partial charge is 0.269 e. The Labute approximate surface area is 184 Å². The van der Waals surface area contributed by atoms with E-state index < -0.39 is 15.7 Å². The number of aromatic nitrogens is 1. The Balaban J connectivity index is 1.79. The summed E-state index contributed by atoms with van der Waals surface area (Å²) in [4.78, 5) is 16.0. The number of benzene rings is 3. The van der Waals surface area contributed by atoms with Gasteiger partial charge in [0.1, 0.15) is 16.3 Å². The Bertz CT molecular complexity index is 1370. The molecule has 4 rings (SSSR count). The first-order chi connectivity index (χ1) is 14.9. The number of aromatic amines is 1. The molecule has 0 saturated carbocycles. The lowest BCUT2D eigenvalue weighted by molar-refractivity contribution is 0.0943. The van der Waals surface area contributed by atoms with Crippen LogP contribution in [0.5, 0.6) is 5.75 Å². The molecule has 1 amide bonds. The number of amides is 1. The highest BCUT2D eigenvalue weighted by molar-refractivity contribution is 7.91. The molecule has 4 aromatic rings. The highest BCUT2D eigenvalue weighted by Gasteiger charge is 2.29. The van der Waals surface area contributed by atoms with Crippen LogP contribution in [0.1, 0.15) is 16.1 Å². The fraction of sp³-hybridized carbons (Fsp3) is 0.0870. The molecule has 0 bridgehead atoms. The van der Waals surface area contributed by atoms with Gasteiger partial charge in [-0.3, -0.25) is 4.79 Å². The van der Waals surface area contributed by atoms with Gasteiger partial charge in [-0.1, -0.05) is 48.0 Å². The summed E-state index contributed by atoms with van der Waals surface area (Å²) in [7, 11) is -2.44. The monoisotopic (exact) mass is 454 g/mol. The van der Waals surface area contributed by atoms with E-state index in [1.165, 1.54) is 12.1 Å². The number of fused-ring (bicyclic) bond motifs is 1. The summed E-state index contributed by atoms with van der Waals surface area (Å²) in [5.41, 5.74) is 1.22. The minimum Gasteiger partial charge on any atom is -0.496 e. The quantitative estimate of drug-likeness (QED) is 0.446. The van der Waals surface area contributed by atoms with Gasteiger partial charge in [-0.15, -0.1) is 0 Å². The van der Waals surface area contributed by atoms with Gasteiger partial charge in [-0.05, 0) is 36.4 Å². The topological polar surface area (TPSA) is 88.3 Å². The average Bonchev–Trinajstić information content (AvgIpc) is 3.17. The molecule has 0 radical (unpaired) electrons. The van der Waals surface area contributed by atoms with Crippen LogP contribution in [0.15, 0.2) is 82.6 Å². The van der Waals surface area contributed by atoms with Crippen molar-refractivity contribution in [1.29, 1.82) is 0 Å². The SMILES string of the molecule is COc1ccccc1CNC(=O)c1[nH]c2ccc(Cl)cc2c1S(=O)(=O)c1ccccc1. The third kappa shape index (κ3) is 4.02. The molecule has 31 heavy (non-hydrogen) atoms. The number of carbonyl (C=O) groups is 1. The number of halogens is 1. The van der Waals surface area contributed by atoms with E-state index >= 15 is 0 Å². The normalized spacial score (nSPS) is 11.4. The maximum atomic E-state index is 13.5. The van der Waals surface area contributed by atoms with E-state index in [0.29, 0.717) is 21.7 Å². The number of nitrogens with one attached hydrogen (secondary N) is 2. The lowest BCUT2D eigenvalue weighted by atomic mass is 10.2. The highest BCUT2D eigenvalue weighted by atomic mass is 35.5. The molecule has 6 nitrogen and oxygen atoms in total. The lowest BCUT2D eigenvalue weighted by Gasteiger charge is -2.10. The largest absolute Gasteiger partial charge is 0.496 e. The summed E-state index contributed by atoms with van der Waals surface area (Å²) in [6, 6.07) is 20.1. The minimum atomic E-state index is -3.99. The first kappa shape index (κ1) is 21.0. The van der Waals surface area contributed by atoms with Gasteiger partial charge < -0.3 is 15.0 Å². The Morgan fingerprint density at radius 3 is 2.48 bits per heavy atom. The summed E-state index contributed by atoms with van der Waals surface area (Å²) in [5.74, 6) is 0.0797. The van der Waals surface area contributed by atoms with Crippen LogP contribution in [-0.2, 0) is 16.4 Å². The number of carbonyl (C=O) groups excluding carboxylic acids is 1. The van der Waals surface area contributed by atoms with Gasteiger partial charge in [-0.25, -0.2) is 8.42 Å². The van der Waals surface area contributed by atoms with Crippen molar-refractivity contribution in [1.82, 2.24) is 10.3 Å². The second-order valence-electron chi connectivity index (χ2n) is 6.83. The summed E-state index contributed by atoms with van der Waals surface area (Å²) in [6.45, 7) is 0.170. The summed E-state index contributed by atoms with van der Waals surface area (Å²) >= 11 is 6.13. The van der Waals surface area contributed by atoms with E-state index in [4.69, 9.17) is 16.3 Å². The first-order valence-electron chi connectivity index (χ1n) is 9.43. The van der Waals surface area contributed by atoms with Crippen LogP contribution in [0.4, 0.5) is 0 Å². The molecule has 0 unspecified atom stereocenters. The molecule has 0 spiro atoms. The molecule has 0 aliphatic heterocycles. The molecule has 1 heterocycles.